The molecule has 8 nitrogen and oxygen atoms in total. The molecule has 0 fully saturated rings. The molecule has 2 N–H and O–H groups in total. The number of fused-ring (bicyclic) bond motifs is 4. The SMILES string of the molecule is COc1cccc2c1nc(N)n1nc(CN3CCc4nc(C(F)(F)F)ccc4C3)nc21. The molecule has 0 saturated carbocycles. The van der Waals surface area contributed by atoms with E-state index in [0.29, 0.717) is 54.5 Å². The maximum Gasteiger partial charge on any atom is 0.433 e. The van der Waals surface area contributed by atoms with E-state index >= 15 is 0 Å². The number of para-hydroxylation sites is 1. The Kier molecular flexibility index (Phi) is 4.43. The van der Waals surface area contributed by atoms with Crippen LogP contribution in [0.25, 0.3) is 16.6 Å². The van der Waals surface area contributed by atoms with E-state index in [4.69, 9.17) is 10.5 Å². The number of anilines is 1. The normalized spacial score (nSPS) is 14.8. The minimum atomic E-state index is -4.44. The summed E-state index contributed by atoms with van der Waals surface area (Å²) < 4.78 is 45.6. The topological polar surface area (TPSA) is 94.5 Å². The molecule has 0 spiro atoms. The summed E-state index contributed by atoms with van der Waals surface area (Å²) in [5, 5.41) is 5.25. The Morgan fingerprint density at radius 3 is 2.74 bits per heavy atom. The van der Waals surface area contributed by atoms with E-state index in [0.717, 1.165) is 17.0 Å². The molecule has 4 aromatic rings. The lowest BCUT2D eigenvalue weighted by molar-refractivity contribution is -0.141. The number of nitrogens with two attached hydrogens (primary N) is 1. The zero-order chi connectivity index (χ0) is 21.8. The molecule has 0 unspecified atom stereocenters. The van der Waals surface area contributed by atoms with E-state index in [-0.39, 0.29) is 5.95 Å². The molecule has 0 amide bonds. The minimum Gasteiger partial charge on any atom is -0.494 e. The molecule has 1 aliphatic rings. The van der Waals surface area contributed by atoms with Crippen LogP contribution in [0.2, 0.25) is 0 Å². The van der Waals surface area contributed by atoms with Gasteiger partial charge < -0.3 is 10.5 Å². The summed E-state index contributed by atoms with van der Waals surface area (Å²) in [6.45, 7) is 1.45. The van der Waals surface area contributed by atoms with Crippen molar-refractivity contribution in [1.82, 2.24) is 29.5 Å². The highest BCUT2D eigenvalue weighted by atomic mass is 19.4. The van der Waals surface area contributed by atoms with E-state index in [1.165, 1.54) is 10.6 Å². The van der Waals surface area contributed by atoms with E-state index < -0.39 is 11.9 Å². The number of pyridine rings is 1. The second kappa shape index (κ2) is 7.05. The molecule has 0 atom stereocenters. The predicted molar refractivity (Wildman–Crippen MR) is 106 cm³/mol. The molecule has 160 valence electrons. The number of alkyl halides is 3. The first-order valence-corrected chi connectivity index (χ1v) is 9.59. The third kappa shape index (κ3) is 3.40. The van der Waals surface area contributed by atoms with Gasteiger partial charge in [0.25, 0.3) is 0 Å². The molecule has 31 heavy (non-hydrogen) atoms. The number of hydrogen-bond acceptors (Lipinski definition) is 7. The van der Waals surface area contributed by atoms with Crippen molar-refractivity contribution >= 4 is 22.5 Å². The maximum atomic E-state index is 12.9. The third-order valence-electron chi connectivity index (χ3n) is 5.34. The number of benzene rings is 1. The number of aromatic nitrogens is 5. The monoisotopic (exact) mass is 429 g/mol. The lowest BCUT2D eigenvalue weighted by Crippen LogP contribution is -2.31. The van der Waals surface area contributed by atoms with Crippen molar-refractivity contribution in [1.29, 1.82) is 0 Å². The van der Waals surface area contributed by atoms with Crippen molar-refractivity contribution in [3.63, 3.8) is 0 Å². The highest BCUT2D eigenvalue weighted by Crippen LogP contribution is 2.30. The van der Waals surface area contributed by atoms with Crippen LogP contribution in [0.15, 0.2) is 30.3 Å². The Hall–Kier alpha value is -3.47. The van der Waals surface area contributed by atoms with Crippen molar-refractivity contribution in [2.75, 3.05) is 19.4 Å². The van der Waals surface area contributed by atoms with Crippen LogP contribution in [0, 0.1) is 0 Å². The fraction of sp³-hybridized carbons (Fsp3) is 0.300. The molecule has 0 radical (unpaired) electrons. The molecule has 1 aromatic carbocycles. The Morgan fingerprint density at radius 1 is 1.13 bits per heavy atom. The summed E-state index contributed by atoms with van der Waals surface area (Å²) in [4.78, 5) is 14.9. The van der Waals surface area contributed by atoms with Gasteiger partial charge >= 0.3 is 6.18 Å². The van der Waals surface area contributed by atoms with Gasteiger partial charge in [0.1, 0.15) is 17.0 Å². The number of rotatable bonds is 3. The highest BCUT2D eigenvalue weighted by molar-refractivity contribution is 5.95. The van der Waals surface area contributed by atoms with Gasteiger partial charge in [0, 0.05) is 30.6 Å². The highest BCUT2D eigenvalue weighted by Gasteiger charge is 2.33. The van der Waals surface area contributed by atoms with Crippen LogP contribution in [0.1, 0.15) is 22.8 Å². The molecule has 3 aromatic heterocycles. The summed E-state index contributed by atoms with van der Waals surface area (Å²) in [6, 6.07) is 8.04. The Morgan fingerprint density at radius 2 is 1.97 bits per heavy atom. The van der Waals surface area contributed by atoms with Gasteiger partial charge in [-0.3, -0.25) is 4.90 Å². The Balaban J connectivity index is 1.44. The maximum absolute atomic E-state index is 12.9. The number of nitrogen functional groups attached to an aromatic ring is 1. The molecule has 0 aliphatic carbocycles. The molecule has 0 saturated heterocycles. The van der Waals surface area contributed by atoms with Crippen molar-refractivity contribution < 1.29 is 17.9 Å². The van der Waals surface area contributed by atoms with E-state index in [1.807, 2.05) is 12.1 Å². The summed E-state index contributed by atoms with van der Waals surface area (Å²) in [7, 11) is 1.56. The average molecular weight is 429 g/mol. The summed E-state index contributed by atoms with van der Waals surface area (Å²) in [5.74, 6) is 1.33. The zero-order valence-corrected chi connectivity index (χ0v) is 16.5. The molecule has 11 heteroatoms. The van der Waals surface area contributed by atoms with Crippen LogP contribution in [-0.4, -0.2) is 43.1 Å². The lowest BCUT2D eigenvalue weighted by atomic mass is 10.0. The van der Waals surface area contributed by atoms with Crippen LogP contribution >= 0.6 is 0 Å². The van der Waals surface area contributed by atoms with Gasteiger partial charge in [-0.1, -0.05) is 12.1 Å². The number of nitrogens with zero attached hydrogens (tertiary/aromatic N) is 6. The van der Waals surface area contributed by atoms with Gasteiger partial charge in [-0.15, -0.1) is 5.10 Å². The largest absolute Gasteiger partial charge is 0.494 e. The molecule has 5 rings (SSSR count). The first kappa shape index (κ1) is 19.5. The standard InChI is InChI=1S/C20H18F3N7O/c1-31-14-4-2-3-12-17(14)27-19(24)30-18(12)26-16(28-30)10-29-8-7-13-11(9-29)5-6-15(25-13)20(21,22)23/h2-6H,7-10H2,1H3,(H2,24,27). The zero-order valence-electron chi connectivity index (χ0n) is 16.5. The predicted octanol–water partition coefficient (Wildman–Crippen LogP) is 2.84. The quantitative estimate of drug-likeness (QED) is 0.535. The summed E-state index contributed by atoms with van der Waals surface area (Å²) in [5.41, 5.74) is 7.67. The minimum absolute atomic E-state index is 0.193. The molecule has 4 heterocycles. The second-order valence-corrected chi connectivity index (χ2v) is 7.35. The van der Waals surface area contributed by atoms with Crippen molar-refractivity contribution in [2.24, 2.45) is 0 Å². The summed E-state index contributed by atoms with van der Waals surface area (Å²) in [6.07, 6.45) is -4.01. The first-order valence-electron chi connectivity index (χ1n) is 9.59. The molecular weight excluding hydrogens is 411 g/mol. The van der Waals surface area contributed by atoms with Gasteiger partial charge in [-0.2, -0.15) is 17.7 Å². The van der Waals surface area contributed by atoms with Crippen LogP contribution in [0.4, 0.5) is 19.1 Å². The smallest absolute Gasteiger partial charge is 0.433 e. The van der Waals surface area contributed by atoms with E-state index in [2.05, 4.69) is 25.0 Å². The van der Waals surface area contributed by atoms with E-state index in [1.54, 1.807) is 13.2 Å². The molecule has 0 bridgehead atoms. The van der Waals surface area contributed by atoms with Gasteiger partial charge in [-0.25, -0.2) is 15.0 Å². The average Bonchev–Trinajstić information content (AvgIpc) is 3.17. The Bertz CT molecular complexity index is 1300. The number of ether oxygens (including phenoxy) is 1. The number of halogens is 3. The lowest BCUT2D eigenvalue weighted by Gasteiger charge is -2.27. The van der Waals surface area contributed by atoms with Crippen LogP contribution in [0.3, 0.4) is 0 Å². The second-order valence-electron chi connectivity index (χ2n) is 7.35. The van der Waals surface area contributed by atoms with Crippen molar-refractivity contribution in [3.8, 4) is 5.75 Å². The van der Waals surface area contributed by atoms with E-state index in [9.17, 15) is 13.2 Å². The van der Waals surface area contributed by atoms with Crippen LogP contribution in [0.5, 0.6) is 5.75 Å². The fourth-order valence-electron chi connectivity index (χ4n) is 3.87. The number of methoxy groups -OCH3 is 1. The Labute approximate surface area is 174 Å². The van der Waals surface area contributed by atoms with Crippen molar-refractivity contribution in [3.05, 3.63) is 53.1 Å². The van der Waals surface area contributed by atoms with Crippen LogP contribution < -0.4 is 10.5 Å². The third-order valence-corrected chi connectivity index (χ3v) is 5.34. The summed E-state index contributed by atoms with van der Waals surface area (Å²) >= 11 is 0. The fourth-order valence-corrected chi connectivity index (χ4v) is 3.87. The van der Waals surface area contributed by atoms with Crippen molar-refractivity contribution in [2.45, 2.75) is 25.7 Å². The molecular formula is C20H18F3N7O. The van der Waals surface area contributed by atoms with Gasteiger partial charge in [0.2, 0.25) is 5.95 Å². The van der Waals surface area contributed by atoms with Gasteiger partial charge in [0.05, 0.1) is 13.7 Å². The van der Waals surface area contributed by atoms with Gasteiger partial charge in [0.15, 0.2) is 11.5 Å². The molecule has 1 aliphatic heterocycles. The number of hydrogen-bond donors (Lipinski definition) is 1. The van der Waals surface area contributed by atoms with Crippen LogP contribution in [-0.2, 0) is 25.7 Å². The first-order chi connectivity index (χ1) is 14.8. The van der Waals surface area contributed by atoms with Gasteiger partial charge in [-0.05, 0) is 23.8 Å².